The first kappa shape index (κ1) is 17.7. The lowest BCUT2D eigenvalue weighted by molar-refractivity contribution is -0.122. The van der Waals surface area contributed by atoms with Crippen molar-refractivity contribution in [3.8, 4) is 0 Å². The van der Waals surface area contributed by atoms with Crippen molar-refractivity contribution < 1.29 is 18.4 Å². The molecular weight excluding hydrogens is 362 g/mol. The highest BCUT2D eigenvalue weighted by Crippen LogP contribution is 2.25. The number of nitrogens with zero attached hydrogens (tertiary/aromatic N) is 1. The molecule has 0 unspecified atom stereocenters. The van der Waals surface area contributed by atoms with E-state index in [0.29, 0.717) is 11.2 Å². The van der Waals surface area contributed by atoms with Crippen molar-refractivity contribution in [2.45, 2.75) is 13.0 Å². The summed E-state index contributed by atoms with van der Waals surface area (Å²) in [6.07, 6.45) is 0. The summed E-state index contributed by atoms with van der Waals surface area (Å²) < 4.78 is 27.2. The van der Waals surface area contributed by atoms with Gasteiger partial charge in [-0.3, -0.25) is 20.4 Å². The molecule has 0 aliphatic heterocycles. The largest absolute Gasteiger partial charge is 0.350 e. The highest BCUT2D eigenvalue weighted by atomic mass is 32.1. The molecule has 2 aromatic carbocycles. The van der Waals surface area contributed by atoms with E-state index in [1.54, 1.807) is 6.92 Å². The molecule has 134 valence electrons. The standard InChI is InChI=1S/C17H14F2N4O2S/c1-9(20-17-21-13-4-2-3-5-14(13)26-17)15(24)22-23-16(25)10-6-11(18)8-12(19)7-10/h2-9H,1H3,(H,20,21)(H,22,24)(H,23,25)/t9-/m0/s1. The van der Waals surface area contributed by atoms with Gasteiger partial charge in [-0.25, -0.2) is 13.8 Å². The van der Waals surface area contributed by atoms with Crippen LogP contribution in [-0.4, -0.2) is 22.8 Å². The number of hydrogen-bond acceptors (Lipinski definition) is 5. The van der Waals surface area contributed by atoms with Gasteiger partial charge in [0.15, 0.2) is 5.13 Å². The first-order valence-corrected chi connectivity index (χ1v) is 8.42. The van der Waals surface area contributed by atoms with E-state index in [0.717, 1.165) is 22.3 Å². The van der Waals surface area contributed by atoms with Crippen molar-refractivity contribution in [1.29, 1.82) is 0 Å². The molecule has 0 aliphatic rings. The summed E-state index contributed by atoms with van der Waals surface area (Å²) in [7, 11) is 0. The van der Waals surface area contributed by atoms with Gasteiger partial charge in [-0.1, -0.05) is 23.5 Å². The molecule has 0 bridgehead atoms. The van der Waals surface area contributed by atoms with Crippen molar-refractivity contribution in [2.75, 3.05) is 5.32 Å². The number of rotatable bonds is 4. The Morgan fingerprint density at radius 3 is 2.46 bits per heavy atom. The Labute approximate surface area is 151 Å². The third kappa shape index (κ3) is 4.12. The second kappa shape index (κ2) is 7.44. The first-order valence-electron chi connectivity index (χ1n) is 7.61. The summed E-state index contributed by atoms with van der Waals surface area (Å²) in [6.45, 7) is 1.59. The van der Waals surface area contributed by atoms with E-state index >= 15 is 0 Å². The van der Waals surface area contributed by atoms with E-state index < -0.39 is 29.5 Å². The van der Waals surface area contributed by atoms with Crippen LogP contribution in [0.2, 0.25) is 0 Å². The van der Waals surface area contributed by atoms with Crippen molar-refractivity contribution in [2.24, 2.45) is 0 Å². The number of halogens is 2. The highest BCUT2D eigenvalue weighted by Gasteiger charge is 2.16. The summed E-state index contributed by atoms with van der Waals surface area (Å²) >= 11 is 1.39. The number of hydrogen-bond donors (Lipinski definition) is 3. The van der Waals surface area contributed by atoms with Gasteiger partial charge in [0.25, 0.3) is 11.8 Å². The van der Waals surface area contributed by atoms with Gasteiger partial charge in [0.05, 0.1) is 10.2 Å². The quantitative estimate of drug-likeness (QED) is 0.612. The van der Waals surface area contributed by atoms with Crippen LogP contribution in [0.5, 0.6) is 0 Å². The van der Waals surface area contributed by atoms with Crippen molar-refractivity contribution >= 4 is 38.5 Å². The molecular formula is C17H14F2N4O2S. The molecule has 26 heavy (non-hydrogen) atoms. The van der Waals surface area contributed by atoms with Crippen LogP contribution in [0.3, 0.4) is 0 Å². The minimum absolute atomic E-state index is 0.241. The molecule has 0 saturated heterocycles. The summed E-state index contributed by atoms with van der Waals surface area (Å²) in [5.74, 6) is -3.13. The van der Waals surface area contributed by atoms with Crippen LogP contribution < -0.4 is 16.2 Å². The summed E-state index contributed by atoms with van der Waals surface area (Å²) in [5.41, 5.74) is 4.90. The maximum absolute atomic E-state index is 13.1. The minimum atomic E-state index is -0.882. The number of anilines is 1. The predicted molar refractivity (Wildman–Crippen MR) is 94.7 cm³/mol. The maximum Gasteiger partial charge on any atom is 0.269 e. The Morgan fingerprint density at radius 1 is 1.08 bits per heavy atom. The fraction of sp³-hybridized carbons (Fsp3) is 0.118. The van der Waals surface area contributed by atoms with Gasteiger partial charge in [0, 0.05) is 11.6 Å². The molecule has 0 saturated carbocycles. The molecule has 0 aliphatic carbocycles. The summed E-state index contributed by atoms with van der Waals surface area (Å²) in [5, 5.41) is 3.50. The molecule has 0 fully saturated rings. The molecule has 6 nitrogen and oxygen atoms in total. The third-order valence-electron chi connectivity index (χ3n) is 3.45. The Bertz CT molecular complexity index is 923. The van der Waals surface area contributed by atoms with Crippen molar-refractivity contribution in [3.63, 3.8) is 0 Å². The van der Waals surface area contributed by atoms with Crippen molar-refractivity contribution in [3.05, 3.63) is 59.7 Å². The molecule has 2 amide bonds. The number of carbonyl (C=O) groups is 2. The fourth-order valence-corrected chi connectivity index (χ4v) is 3.12. The van der Waals surface area contributed by atoms with Crippen LogP contribution in [0.4, 0.5) is 13.9 Å². The van der Waals surface area contributed by atoms with E-state index in [-0.39, 0.29) is 5.56 Å². The SMILES string of the molecule is C[C@H](Nc1nc2ccccc2s1)C(=O)NNC(=O)c1cc(F)cc(F)c1. The van der Waals surface area contributed by atoms with E-state index in [9.17, 15) is 18.4 Å². The number of aromatic nitrogens is 1. The molecule has 1 atom stereocenters. The summed E-state index contributed by atoms with van der Waals surface area (Å²) in [4.78, 5) is 28.3. The number of para-hydroxylation sites is 1. The number of amides is 2. The van der Waals surface area contributed by atoms with Crippen LogP contribution in [0.15, 0.2) is 42.5 Å². The average molecular weight is 376 g/mol. The average Bonchev–Trinajstić information content (AvgIpc) is 3.00. The number of carbonyl (C=O) groups excluding carboxylic acids is 2. The van der Waals surface area contributed by atoms with Gasteiger partial charge in [0.2, 0.25) is 0 Å². The van der Waals surface area contributed by atoms with Gasteiger partial charge in [-0.05, 0) is 31.2 Å². The normalized spacial score (nSPS) is 11.8. The zero-order valence-electron chi connectivity index (χ0n) is 13.5. The van der Waals surface area contributed by atoms with Gasteiger partial charge in [0.1, 0.15) is 17.7 Å². The smallest absolute Gasteiger partial charge is 0.269 e. The van der Waals surface area contributed by atoms with Crippen LogP contribution in [-0.2, 0) is 4.79 Å². The van der Waals surface area contributed by atoms with E-state index in [2.05, 4.69) is 21.2 Å². The first-order chi connectivity index (χ1) is 12.4. The van der Waals surface area contributed by atoms with Crippen LogP contribution in [0.25, 0.3) is 10.2 Å². The zero-order valence-corrected chi connectivity index (χ0v) is 14.4. The second-order valence-corrected chi connectivity index (χ2v) is 6.48. The van der Waals surface area contributed by atoms with Gasteiger partial charge in [-0.15, -0.1) is 0 Å². The number of hydrazine groups is 1. The van der Waals surface area contributed by atoms with E-state index in [4.69, 9.17) is 0 Å². The number of thiazole rings is 1. The lowest BCUT2D eigenvalue weighted by atomic mass is 10.2. The molecule has 3 aromatic rings. The number of nitrogens with one attached hydrogen (secondary N) is 3. The Hall–Kier alpha value is -3.07. The van der Waals surface area contributed by atoms with Crippen LogP contribution in [0, 0.1) is 11.6 Å². The van der Waals surface area contributed by atoms with Crippen LogP contribution in [0.1, 0.15) is 17.3 Å². The lowest BCUT2D eigenvalue weighted by Gasteiger charge is -2.13. The van der Waals surface area contributed by atoms with E-state index in [1.165, 1.54) is 11.3 Å². The molecule has 1 aromatic heterocycles. The van der Waals surface area contributed by atoms with Crippen LogP contribution >= 0.6 is 11.3 Å². The molecule has 3 rings (SSSR count). The Balaban J connectivity index is 1.57. The van der Waals surface area contributed by atoms with Gasteiger partial charge >= 0.3 is 0 Å². The predicted octanol–water partition coefficient (Wildman–Crippen LogP) is 2.84. The molecule has 0 radical (unpaired) electrons. The number of fused-ring (bicyclic) bond motifs is 1. The number of benzene rings is 2. The second-order valence-electron chi connectivity index (χ2n) is 5.45. The third-order valence-corrected chi connectivity index (χ3v) is 4.42. The molecule has 1 heterocycles. The fourth-order valence-electron chi connectivity index (χ4n) is 2.17. The van der Waals surface area contributed by atoms with E-state index in [1.807, 2.05) is 24.3 Å². The monoisotopic (exact) mass is 376 g/mol. The lowest BCUT2D eigenvalue weighted by Crippen LogP contribution is -2.47. The molecule has 3 N–H and O–H groups in total. The Kier molecular flexibility index (Phi) is 5.08. The van der Waals surface area contributed by atoms with Crippen molar-refractivity contribution in [1.82, 2.24) is 15.8 Å². The summed E-state index contributed by atoms with van der Waals surface area (Å²) in [6, 6.07) is 9.24. The zero-order chi connectivity index (χ0) is 18.7. The minimum Gasteiger partial charge on any atom is -0.350 e. The topological polar surface area (TPSA) is 83.1 Å². The highest BCUT2D eigenvalue weighted by molar-refractivity contribution is 7.22. The van der Waals surface area contributed by atoms with Gasteiger partial charge < -0.3 is 5.32 Å². The Morgan fingerprint density at radius 2 is 1.77 bits per heavy atom. The molecule has 9 heteroatoms. The molecule has 0 spiro atoms. The van der Waals surface area contributed by atoms with Gasteiger partial charge in [-0.2, -0.15) is 0 Å². The maximum atomic E-state index is 13.1.